The SMILES string of the molecule is Cc1c(C(=O)CC2(O)CCN(C(=O)OC(C)(C)C)CC2)ccc2c1COC2=O. The summed E-state index contributed by atoms with van der Waals surface area (Å²) in [6.45, 7) is 8.07. The Morgan fingerprint density at radius 2 is 1.89 bits per heavy atom. The Balaban J connectivity index is 1.64. The van der Waals surface area contributed by atoms with E-state index in [1.54, 1.807) is 44.7 Å². The number of hydrogen-bond donors (Lipinski definition) is 1. The minimum Gasteiger partial charge on any atom is -0.457 e. The molecule has 1 saturated heterocycles. The first-order valence-corrected chi connectivity index (χ1v) is 9.52. The first-order chi connectivity index (χ1) is 13.0. The van der Waals surface area contributed by atoms with Crippen molar-refractivity contribution in [1.82, 2.24) is 4.90 Å². The summed E-state index contributed by atoms with van der Waals surface area (Å²) in [7, 11) is 0. The summed E-state index contributed by atoms with van der Waals surface area (Å²) in [5, 5.41) is 10.9. The second-order valence-corrected chi connectivity index (χ2v) is 8.63. The Kier molecular flexibility index (Phi) is 5.23. The molecule has 1 aromatic carbocycles. The highest BCUT2D eigenvalue weighted by atomic mass is 16.6. The second-order valence-electron chi connectivity index (χ2n) is 8.63. The molecule has 3 rings (SSSR count). The molecule has 2 aliphatic rings. The van der Waals surface area contributed by atoms with Gasteiger partial charge in [0, 0.05) is 30.6 Å². The van der Waals surface area contributed by atoms with Crippen LogP contribution in [0, 0.1) is 6.92 Å². The van der Waals surface area contributed by atoms with E-state index in [4.69, 9.17) is 9.47 Å². The number of ether oxygens (including phenoxy) is 2. The lowest BCUT2D eigenvalue weighted by Gasteiger charge is -2.38. The standard InChI is InChI=1S/C21H27NO6/c1-13-14(5-6-15-16(13)12-27-18(15)24)17(23)11-21(26)7-9-22(10-8-21)19(25)28-20(2,3)4/h5-6,26H,7-12H2,1-4H3. The molecule has 152 valence electrons. The fraction of sp³-hybridized carbons (Fsp3) is 0.571. The van der Waals surface area contributed by atoms with Crippen LogP contribution in [0.2, 0.25) is 0 Å². The van der Waals surface area contributed by atoms with Crippen LogP contribution in [0.25, 0.3) is 0 Å². The highest BCUT2D eigenvalue weighted by Gasteiger charge is 2.38. The number of amides is 1. The third-order valence-electron chi connectivity index (χ3n) is 5.30. The Morgan fingerprint density at radius 1 is 1.25 bits per heavy atom. The van der Waals surface area contributed by atoms with Crippen molar-refractivity contribution in [2.75, 3.05) is 13.1 Å². The second kappa shape index (κ2) is 7.20. The van der Waals surface area contributed by atoms with Crippen molar-refractivity contribution in [3.8, 4) is 0 Å². The third kappa shape index (κ3) is 4.19. The van der Waals surface area contributed by atoms with E-state index in [0.717, 1.165) is 11.1 Å². The summed E-state index contributed by atoms with van der Waals surface area (Å²) in [5.74, 6) is -0.543. The smallest absolute Gasteiger partial charge is 0.410 e. The molecule has 2 heterocycles. The van der Waals surface area contributed by atoms with Crippen molar-refractivity contribution < 1.29 is 29.0 Å². The van der Waals surface area contributed by atoms with E-state index in [-0.39, 0.29) is 24.8 Å². The maximum atomic E-state index is 12.8. The number of piperidine rings is 1. The van der Waals surface area contributed by atoms with Gasteiger partial charge < -0.3 is 19.5 Å². The van der Waals surface area contributed by atoms with Gasteiger partial charge in [0.2, 0.25) is 0 Å². The van der Waals surface area contributed by atoms with Gasteiger partial charge in [-0.2, -0.15) is 0 Å². The van der Waals surface area contributed by atoms with E-state index in [9.17, 15) is 19.5 Å². The molecule has 1 amide bonds. The number of carbonyl (C=O) groups excluding carboxylic acids is 3. The average molecular weight is 389 g/mol. The molecule has 7 heteroatoms. The molecule has 0 saturated carbocycles. The van der Waals surface area contributed by atoms with Gasteiger partial charge in [-0.1, -0.05) is 6.07 Å². The van der Waals surface area contributed by atoms with Crippen LogP contribution < -0.4 is 0 Å². The van der Waals surface area contributed by atoms with E-state index in [0.29, 0.717) is 37.1 Å². The summed E-state index contributed by atoms with van der Waals surface area (Å²) < 4.78 is 10.4. The maximum absolute atomic E-state index is 12.8. The van der Waals surface area contributed by atoms with Gasteiger partial charge in [0.15, 0.2) is 5.78 Å². The van der Waals surface area contributed by atoms with Crippen LogP contribution >= 0.6 is 0 Å². The molecule has 0 unspecified atom stereocenters. The summed E-state index contributed by atoms with van der Waals surface area (Å²) in [6, 6.07) is 3.24. The Labute approximate surface area is 164 Å². The lowest BCUT2D eigenvalue weighted by atomic mass is 9.84. The molecule has 0 atom stereocenters. The number of Topliss-reactive ketones (excluding diaryl/α,β-unsaturated/α-hetero) is 1. The van der Waals surface area contributed by atoms with Crippen molar-refractivity contribution >= 4 is 17.8 Å². The zero-order valence-corrected chi connectivity index (χ0v) is 16.8. The van der Waals surface area contributed by atoms with Gasteiger partial charge in [0.25, 0.3) is 0 Å². The van der Waals surface area contributed by atoms with Gasteiger partial charge in [0.1, 0.15) is 12.2 Å². The summed E-state index contributed by atoms with van der Waals surface area (Å²) in [6.07, 6.45) is 0.191. The average Bonchev–Trinajstić information content (AvgIpc) is 2.96. The van der Waals surface area contributed by atoms with Gasteiger partial charge >= 0.3 is 12.1 Å². The molecule has 0 radical (unpaired) electrons. The number of esters is 1. The molecule has 0 spiro atoms. The van der Waals surface area contributed by atoms with Crippen LogP contribution in [0.1, 0.15) is 71.9 Å². The number of carbonyl (C=O) groups is 3. The number of nitrogens with zero attached hydrogens (tertiary/aromatic N) is 1. The van der Waals surface area contributed by atoms with E-state index >= 15 is 0 Å². The van der Waals surface area contributed by atoms with Crippen molar-refractivity contribution in [2.45, 2.75) is 64.8 Å². The predicted octanol–water partition coefficient (Wildman–Crippen LogP) is 3.00. The normalized spacial score (nSPS) is 18.5. The quantitative estimate of drug-likeness (QED) is 0.631. The Morgan fingerprint density at radius 3 is 2.50 bits per heavy atom. The zero-order chi connectivity index (χ0) is 20.7. The summed E-state index contributed by atoms with van der Waals surface area (Å²) >= 11 is 0. The minimum atomic E-state index is -1.16. The van der Waals surface area contributed by atoms with E-state index < -0.39 is 17.3 Å². The van der Waals surface area contributed by atoms with Crippen LogP contribution in [0.4, 0.5) is 4.79 Å². The van der Waals surface area contributed by atoms with Crippen LogP contribution in [0.15, 0.2) is 12.1 Å². The topological polar surface area (TPSA) is 93.1 Å². The minimum absolute atomic E-state index is 0.0242. The van der Waals surface area contributed by atoms with E-state index in [1.807, 2.05) is 0 Å². The fourth-order valence-corrected chi connectivity index (χ4v) is 3.65. The van der Waals surface area contributed by atoms with Gasteiger partial charge in [-0.05, 0) is 52.2 Å². The molecule has 28 heavy (non-hydrogen) atoms. The molecular formula is C21H27NO6. The predicted molar refractivity (Wildman–Crippen MR) is 101 cm³/mol. The monoisotopic (exact) mass is 389 g/mol. The first kappa shape index (κ1) is 20.3. The Hall–Kier alpha value is -2.41. The van der Waals surface area contributed by atoms with Crippen molar-refractivity contribution in [1.29, 1.82) is 0 Å². The van der Waals surface area contributed by atoms with Crippen molar-refractivity contribution in [2.24, 2.45) is 0 Å². The molecular weight excluding hydrogens is 362 g/mol. The van der Waals surface area contributed by atoms with E-state index in [2.05, 4.69) is 0 Å². The zero-order valence-electron chi connectivity index (χ0n) is 16.8. The molecule has 1 N–H and O–H groups in total. The molecule has 0 aliphatic carbocycles. The number of hydrogen-bond acceptors (Lipinski definition) is 6. The molecule has 1 fully saturated rings. The molecule has 7 nitrogen and oxygen atoms in total. The van der Waals surface area contributed by atoms with Crippen molar-refractivity contribution in [3.05, 3.63) is 34.4 Å². The highest BCUT2D eigenvalue weighted by molar-refractivity contribution is 6.01. The highest BCUT2D eigenvalue weighted by Crippen LogP contribution is 2.31. The number of ketones is 1. The van der Waals surface area contributed by atoms with Gasteiger partial charge in [0.05, 0.1) is 11.2 Å². The van der Waals surface area contributed by atoms with Crippen molar-refractivity contribution in [3.63, 3.8) is 0 Å². The number of aliphatic hydroxyl groups is 1. The van der Waals surface area contributed by atoms with Crippen LogP contribution in [-0.2, 0) is 16.1 Å². The largest absolute Gasteiger partial charge is 0.457 e. The number of benzene rings is 1. The van der Waals surface area contributed by atoms with Gasteiger partial charge in [-0.15, -0.1) is 0 Å². The lowest BCUT2D eigenvalue weighted by Crippen LogP contribution is -2.48. The van der Waals surface area contributed by atoms with E-state index in [1.165, 1.54) is 0 Å². The Bertz CT molecular complexity index is 815. The van der Waals surface area contributed by atoms with Crippen LogP contribution in [0.3, 0.4) is 0 Å². The van der Waals surface area contributed by atoms with Gasteiger partial charge in [-0.3, -0.25) is 4.79 Å². The maximum Gasteiger partial charge on any atom is 0.410 e. The lowest BCUT2D eigenvalue weighted by molar-refractivity contribution is -0.0322. The number of likely N-dealkylation sites (tertiary alicyclic amines) is 1. The fourth-order valence-electron chi connectivity index (χ4n) is 3.65. The number of fused-ring (bicyclic) bond motifs is 1. The number of cyclic esters (lactones) is 1. The molecule has 0 bridgehead atoms. The van der Waals surface area contributed by atoms with Crippen LogP contribution in [-0.4, -0.2) is 52.1 Å². The van der Waals surface area contributed by atoms with Crippen LogP contribution in [0.5, 0.6) is 0 Å². The first-order valence-electron chi connectivity index (χ1n) is 9.52. The molecule has 1 aromatic rings. The van der Waals surface area contributed by atoms with Gasteiger partial charge in [-0.25, -0.2) is 9.59 Å². The number of rotatable bonds is 3. The molecule has 2 aliphatic heterocycles. The third-order valence-corrected chi connectivity index (χ3v) is 5.30. The molecule has 0 aromatic heterocycles. The summed E-state index contributed by atoms with van der Waals surface area (Å²) in [5.41, 5.74) is 0.730. The summed E-state index contributed by atoms with van der Waals surface area (Å²) in [4.78, 5) is 38.2.